The third-order valence-electron chi connectivity index (χ3n) is 1.49. The molecule has 0 aromatic rings. The van der Waals surface area contributed by atoms with E-state index in [2.05, 4.69) is 0 Å². The van der Waals surface area contributed by atoms with Crippen LogP contribution in [0.2, 0.25) is 0 Å². The van der Waals surface area contributed by atoms with Gasteiger partial charge in [-0.25, -0.2) is 0 Å². The smallest absolute Gasteiger partial charge is 0.196 e. The molecule has 0 aliphatic carbocycles. The van der Waals surface area contributed by atoms with Crippen LogP contribution in [0.5, 0.6) is 0 Å². The molecule has 0 spiro atoms. The minimum atomic E-state index is -0.669. The molecule has 0 aromatic heterocycles. The lowest BCUT2D eigenvalue weighted by molar-refractivity contribution is -0.0734. The Hall–Kier alpha value is -1.09. The molecular formula is C9H16N2O3. The molecule has 0 bridgehead atoms. The second-order valence-corrected chi connectivity index (χ2v) is 2.50. The zero-order valence-electron chi connectivity index (χ0n) is 8.53. The molecule has 0 saturated heterocycles. The summed E-state index contributed by atoms with van der Waals surface area (Å²) < 4.78 is 14.9. The number of rotatable bonds is 7. The zero-order chi connectivity index (χ0) is 10.8. The fraction of sp³-hybridized carbons (Fsp3) is 0.667. The summed E-state index contributed by atoms with van der Waals surface area (Å²) in [5, 5.41) is 8.73. The molecule has 5 heteroatoms. The van der Waals surface area contributed by atoms with Crippen molar-refractivity contribution in [1.29, 1.82) is 5.26 Å². The zero-order valence-corrected chi connectivity index (χ0v) is 8.53. The lowest BCUT2D eigenvalue weighted by atomic mass is 10.3. The molecule has 0 atom stereocenters. The van der Waals surface area contributed by atoms with Crippen molar-refractivity contribution in [3.63, 3.8) is 0 Å². The van der Waals surface area contributed by atoms with Crippen LogP contribution in [-0.4, -0.2) is 33.7 Å². The monoisotopic (exact) mass is 200 g/mol. The van der Waals surface area contributed by atoms with Crippen molar-refractivity contribution >= 4 is 0 Å². The van der Waals surface area contributed by atoms with Gasteiger partial charge in [0.1, 0.15) is 17.9 Å². The van der Waals surface area contributed by atoms with Crippen LogP contribution in [0.15, 0.2) is 11.8 Å². The fourth-order valence-corrected chi connectivity index (χ4v) is 0.800. The van der Waals surface area contributed by atoms with Crippen molar-refractivity contribution in [2.45, 2.75) is 12.7 Å². The molecule has 14 heavy (non-hydrogen) atoms. The van der Waals surface area contributed by atoms with Gasteiger partial charge in [-0.1, -0.05) is 0 Å². The molecule has 0 aromatic carbocycles. The predicted octanol–water partition coefficient (Wildman–Crippen LogP) is 0.378. The van der Waals surface area contributed by atoms with Gasteiger partial charge in [-0.05, 0) is 13.0 Å². The van der Waals surface area contributed by atoms with E-state index in [-0.39, 0.29) is 0 Å². The van der Waals surface area contributed by atoms with Gasteiger partial charge in [-0.2, -0.15) is 5.26 Å². The third kappa shape index (κ3) is 4.82. The van der Waals surface area contributed by atoms with Gasteiger partial charge in [0.15, 0.2) is 6.29 Å². The Morgan fingerprint density at radius 3 is 2.57 bits per heavy atom. The number of nitriles is 1. The molecular weight excluding hydrogens is 184 g/mol. The van der Waals surface area contributed by atoms with Crippen molar-refractivity contribution in [2.75, 3.05) is 27.4 Å². The van der Waals surface area contributed by atoms with Crippen molar-refractivity contribution in [2.24, 2.45) is 5.73 Å². The van der Waals surface area contributed by atoms with Crippen LogP contribution in [-0.2, 0) is 14.2 Å². The highest BCUT2D eigenvalue weighted by Crippen LogP contribution is 2.05. The topological polar surface area (TPSA) is 77.5 Å². The normalized spacial score (nSPS) is 11.5. The maximum atomic E-state index is 8.73. The number of methoxy groups -OCH3 is 2. The largest absolute Gasteiger partial charge is 0.500 e. The number of ether oxygens (including phenoxy) is 3. The first kappa shape index (κ1) is 12.9. The summed E-state index contributed by atoms with van der Waals surface area (Å²) in [5.74, 6) is 0. The van der Waals surface area contributed by atoms with E-state index in [1.54, 1.807) is 0 Å². The summed E-state index contributed by atoms with van der Waals surface area (Å²) in [4.78, 5) is 0. The van der Waals surface area contributed by atoms with Gasteiger partial charge in [0, 0.05) is 14.2 Å². The maximum absolute atomic E-state index is 8.73. The highest BCUT2D eigenvalue weighted by Gasteiger charge is 2.11. The molecule has 0 rings (SSSR count). The van der Waals surface area contributed by atoms with Gasteiger partial charge in [-0.15, -0.1) is 0 Å². The van der Waals surface area contributed by atoms with Gasteiger partial charge in [0.2, 0.25) is 0 Å². The molecule has 0 aliphatic rings. The van der Waals surface area contributed by atoms with E-state index in [1.807, 2.05) is 6.07 Å². The Kier molecular flexibility index (Phi) is 7.84. The van der Waals surface area contributed by atoms with Crippen LogP contribution in [0.1, 0.15) is 6.42 Å². The quantitative estimate of drug-likeness (QED) is 0.278. The van der Waals surface area contributed by atoms with Crippen molar-refractivity contribution in [1.82, 2.24) is 0 Å². The number of hydrogen-bond donors (Lipinski definition) is 1. The average molecular weight is 200 g/mol. The Morgan fingerprint density at radius 2 is 2.14 bits per heavy atom. The van der Waals surface area contributed by atoms with Gasteiger partial charge in [-0.3, -0.25) is 0 Å². The van der Waals surface area contributed by atoms with E-state index < -0.39 is 6.29 Å². The number of nitrogens with zero attached hydrogens (tertiary/aromatic N) is 1. The van der Waals surface area contributed by atoms with E-state index in [4.69, 9.17) is 25.2 Å². The van der Waals surface area contributed by atoms with E-state index in [1.165, 1.54) is 20.5 Å². The van der Waals surface area contributed by atoms with Crippen molar-refractivity contribution in [3.8, 4) is 6.07 Å². The standard InChI is InChI=1S/C9H16N2O3/c1-12-9(13-2)8(6-11)7-14-5-3-4-10/h7,9H,3-5,10H2,1-2H3/b8-7+. The molecule has 5 nitrogen and oxygen atoms in total. The van der Waals surface area contributed by atoms with Gasteiger partial charge in [0.05, 0.1) is 6.61 Å². The molecule has 0 saturated carbocycles. The average Bonchev–Trinajstić information content (AvgIpc) is 2.23. The van der Waals surface area contributed by atoms with Gasteiger partial charge in [0.25, 0.3) is 0 Å². The van der Waals surface area contributed by atoms with E-state index in [9.17, 15) is 0 Å². The predicted molar refractivity (Wildman–Crippen MR) is 51.1 cm³/mol. The minimum absolute atomic E-state index is 0.298. The van der Waals surface area contributed by atoms with Crippen LogP contribution in [0.3, 0.4) is 0 Å². The molecule has 0 fully saturated rings. The Morgan fingerprint density at radius 1 is 1.50 bits per heavy atom. The second kappa shape index (κ2) is 8.51. The maximum Gasteiger partial charge on any atom is 0.196 e. The highest BCUT2D eigenvalue weighted by atomic mass is 16.7. The van der Waals surface area contributed by atoms with Crippen molar-refractivity contribution < 1.29 is 14.2 Å². The lowest BCUT2D eigenvalue weighted by Crippen LogP contribution is -2.15. The Balaban J connectivity index is 4.05. The van der Waals surface area contributed by atoms with Crippen LogP contribution in [0.4, 0.5) is 0 Å². The molecule has 2 N–H and O–H groups in total. The molecule has 0 radical (unpaired) electrons. The Labute approximate surface area is 84.0 Å². The van der Waals surface area contributed by atoms with E-state index in [0.29, 0.717) is 18.7 Å². The van der Waals surface area contributed by atoms with Crippen LogP contribution < -0.4 is 5.73 Å². The molecule has 80 valence electrons. The second-order valence-electron chi connectivity index (χ2n) is 2.50. The first-order valence-corrected chi connectivity index (χ1v) is 4.27. The fourth-order valence-electron chi connectivity index (χ4n) is 0.800. The number of hydrogen-bond acceptors (Lipinski definition) is 5. The first-order valence-electron chi connectivity index (χ1n) is 4.27. The molecule has 0 aliphatic heterocycles. The third-order valence-corrected chi connectivity index (χ3v) is 1.49. The van der Waals surface area contributed by atoms with Crippen LogP contribution >= 0.6 is 0 Å². The summed E-state index contributed by atoms with van der Waals surface area (Å²) in [6, 6.07) is 1.94. The molecule has 0 heterocycles. The summed E-state index contributed by atoms with van der Waals surface area (Å²) in [7, 11) is 2.92. The summed E-state index contributed by atoms with van der Waals surface area (Å²) in [6.07, 6.45) is 1.42. The van der Waals surface area contributed by atoms with E-state index in [0.717, 1.165) is 6.42 Å². The minimum Gasteiger partial charge on any atom is -0.500 e. The van der Waals surface area contributed by atoms with Crippen molar-refractivity contribution in [3.05, 3.63) is 11.8 Å². The van der Waals surface area contributed by atoms with E-state index >= 15 is 0 Å². The molecule has 0 unspecified atom stereocenters. The first-order chi connectivity index (χ1) is 6.79. The summed E-state index contributed by atoms with van der Waals surface area (Å²) >= 11 is 0. The summed E-state index contributed by atoms with van der Waals surface area (Å²) in [6.45, 7) is 1.05. The van der Waals surface area contributed by atoms with Crippen LogP contribution in [0, 0.1) is 11.3 Å². The van der Waals surface area contributed by atoms with Gasteiger partial charge < -0.3 is 19.9 Å². The van der Waals surface area contributed by atoms with Crippen LogP contribution in [0.25, 0.3) is 0 Å². The number of nitrogens with two attached hydrogens (primary N) is 1. The SMILES string of the molecule is COC(OC)/C(C#N)=C/OCCCN. The molecule has 0 amide bonds. The summed E-state index contributed by atoms with van der Waals surface area (Å²) in [5.41, 5.74) is 5.57. The lowest BCUT2D eigenvalue weighted by Gasteiger charge is -2.11. The Bertz CT molecular complexity index is 207. The van der Waals surface area contributed by atoms with Gasteiger partial charge >= 0.3 is 0 Å². The highest BCUT2D eigenvalue weighted by molar-refractivity contribution is 5.21.